The average Bonchev–Trinajstić information content (AvgIpc) is 3.09. The molecule has 0 fully saturated rings. The number of nitrogens with one attached hydrogen (secondary N) is 1. The minimum absolute atomic E-state index is 0.272. The Morgan fingerprint density at radius 2 is 2.04 bits per heavy atom. The number of benzene rings is 2. The lowest BCUT2D eigenvalue weighted by Gasteiger charge is -2.14. The van der Waals surface area contributed by atoms with Crippen molar-refractivity contribution in [2.75, 3.05) is 19.0 Å². The molecule has 2 N–H and O–H groups in total. The van der Waals surface area contributed by atoms with Crippen LogP contribution in [-0.4, -0.2) is 45.1 Å². The van der Waals surface area contributed by atoms with Crippen LogP contribution in [0.5, 0.6) is 5.75 Å². The highest BCUT2D eigenvalue weighted by atomic mass is 35.5. The van der Waals surface area contributed by atoms with Crippen LogP contribution < -0.4 is 10.1 Å². The van der Waals surface area contributed by atoms with Crippen LogP contribution in [0.1, 0.15) is 0 Å². The monoisotopic (exact) mass is 359 g/mol. The van der Waals surface area contributed by atoms with Crippen LogP contribution in [0.3, 0.4) is 0 Å². The van der Waals surface area contributed by atoms with Gasteiger partial charge in [-0.1, -0.05) is 41.9 Å². The van der Waals surface area contributed by atoms with Crippen LogP contribution in [0.2, 0.25) is 5.02 Å². The number of nitrogens with zero attached hydrogens (tertiary/aromatic N) is 4. The van der Waals surface area contributed by atoms with Crippen molar-refractivity contribution >= 4 is 17.3 Å². The first-order valence-electron chi connectivity index (χ1n) is 7.74. The van der Waals surface area contributed by atoms with Crippen molar-refractivity contribution in [2.45, 2.75) is 12.6 Å². The molecule has 7 nitrogen and oxygen atoms in total. The second kappa shape index (κ2) is 7.96. The third-order valence-electron chi connectivity index (χ3n) is 3.64. The van der Waals surface area contributed by atoms with Gasteiger partial charge in [-0.25, -0.2) is 4.68 Å². The lowest BCUT2D eigenvalue weighted by Crippen LogP contribution is -2.26. The SMILES string of the molecule is COc1ccc(NCC(O)Cn2nnnc2-c2ccccc2)cc1Cl. The first-order chi connectivity index (χ1) is 12.2. The lowest BCUT2D eigenvalue weighted by molar-refractivity contribution is 0.161. The Hall–Kier alpha value is -2.64. The van der Waals surface area contributed by atoms with Crippen LogP contribution in [0, 0.1) is 0 Å². The fourth-order valence-corrected chi connectivity index (χ4v) is 2.66. The number of rotatable bonds is 7. The molecule has 0 aliphatic carbocycles. The standard InChI is InChI=1S/C17H18ClN5O2/c1-25-16-8-7-13(9-15(16)18)19-10-14(24)11-23-17(20-21-22-23)12-5-3-2-4-6-12/h2-9,14,19,24H,10-11H2,1H3. The lowest BCUT2D eigenvalue weighted by atomic mass is 10.2. The zero-order valence-electron chi connectivity index (χ0n) is 13.6. The highest BCUT2D eigenvalue weighted by Gasteiger charge is 2.13. The van der Waals surface area contributed by atoms with E-state index in [0.717, 1.165) is 11.3 Å². The van der Waals surface area contributed by atoms with Crippen LogP contribution in [0.4, 0.5) is 5.69 Å². The molecule has 0 saturated heterocycles. The van der Waals surface area contributed by atoms with E-state index in [0.29, 0.717) is 23.1 Å². The molecule has 2 aromatic carbocycles. The number of ether oxygens (including phenoxy) is 1. The molecule has 0 radical (unpaired) electrons. The van der Waals surface area contributed by atoms with E-state index in [1.807, 2.05) is 36.4 Å². The van der Waals surface area contributed by atoms with Gasteiger partial charge in [-0.3, -0.25) is 0 Å². The molecular formula is C17H18ClN5O2. The topological polar surface area (TPSA) is 85.1 Å². The second-order valence-electron chi connectivity index (χ2n) is 5.43. The number of aromatic nitrogens is 4. The van der Waals surface area contributed by atoms with Gasteiger partial charge in [-0.15, -0.1) is 5.10 Å². The summed E-state index contributed by atoms with van der Waals surface area (Å²) in [6.07, 6.45) is -0.674. The Labute approximate surface area is 150 Å². The molecule has 8 heteroatoms. The van der Waals surface area contributed by atoms with Gasteiger partial charge in [0, 0.05) is 17.8 Å². The smallest absolute Gasteiger partial charge is 0.182 e. The third-order valence-corrected chi connectivity index (χ3v) is 3.94. The molecule has 0 aliphatic rings. The Morgan fingerprint density at radius 3 is 2.76 bits per heavy atom. The van der Waals surface area contributed by atoms with Crippen molar-refractivity contribution in [3.63, 3.8) is 0 Å². The molecule has 1 unspecified atom stereocenters. The summed E-state index contributed by atoms with van der Waals surface area (Å²) >= 11 is 6.09. The predicted molar refractivity (Wildman–Crippen MR) is 95.8 cm³/mol. The summed E-state index contributed by atoms with van der Waals surface area (Å²) in [4.78, 5) is 0. The number of aliphatic hydroxyl groups excluding tert-OH is 1. The first-order valence-corrected chi connectivity index (χ1v) is 8.12. The number of hydrogen-bond acceptors (Lipinski definition) is 6. The molecular weight excluding hydrogens is 342 g/mol. The fraction of sp³-hybridized carbons (Fsp3) is 0.235. The van der Waals surface area contributed by atoms with E-state index in [4.69, 9.17) is 16.3 Å². The molecule has 3 aromatic rings. The number of methoxy groups -OCH3 is 1. The van der Waals surface area contributed by atoms with Crippen LogP contribution in [0.25, 0.3) is 11.4 Å². The van der Waals surface area contributed by atoms with Crippen molar-refractivity contribution in [2.24, 2.45) is 0 Å². The molecule has 3 rings (SSSR count). The Kier molecular flexibility index (Phi) is 5.47. The van der Waals surface area contributed by atoms with Crippen LogP contribution >= 0.6 is 11.6 Å². The van der Waals surface area contributed by atoms with Gasteiger partial charge >= 0.3 is 0 Å². The Morgan fingerprint density at radius 1 is 1.24 bits per heavy atom. The molecule has 0 amide bonds. The number of aliphatic hydroxyl groups is 1. The van der Waals surface area contributed by atoms with E-state index in [1.54, 1.807) is 23.9 Å². The summed E-state index contributed by atoms with van der Waals surface area (Å²) in [5.41, 5.74) is 1.69. The van der Waals surface area contributed by atoms with Gasteiger partial charge in [0.2, 0.25) is 0 Å². The number of tetrazole rings is 1. The average molecular weight is 360 g/mol. The van der Waals surface area contributed by atoms with Gasteiger partial charge in [0.05, 0.1) is 24.8 Å². The van der Waals surface area contributed by atoms with Gasteiger partial charge in [-0.05, 0) is 28.6 Å². The van der Waals surface area contributed by atoms with Crippen molar-refractivity contribution < 1.29 is 9.84 Å². The largest absolute Gasteiger partial charge is 0.495 e. The Bertz CT molecular complexity index is 825. The van der Waals surface area contributed by atoms with Gasteiger partial charge in [0.25, 0.3) is 0 Å². The molecule has 0 bridgehead atoms. The van der Waals surface area contributed by atoms with E-state index in [2.05, 4.69) is 20.8 Å². The zero-order valence-corrected chi connectivity index (χ0v) is 14.4. The van der Waals surface area contributed by atoms with E-state index in [1.165, 1.54) is 0 Å². The normalized spacial score (nSPS) is 12.0. The minimum Gasteiger partial charge on any atom is -0.495 e. The van der Waals surface area contributed by atoms with Gasteiger partial charge in [-0.2, -0.15) is 0 Å². The summed E-state index contributed by atoms with van der Waals surface area (Å²) in [6, 6.07) is 15.0. The molecule has 25 heavy (non-hydrogen) atoms. The summed E-state index contributed by atoms with van der Waals surface area (Å²) in [5.74, 6) is 1.22. The maximum atomic E-state index is 10.3. The van der Waals surface area contributed by atoms with Crippen LogP contribution in [0.15, 0.2) is 48.5 Å². The van der Waals surface area contributed by atoms with Gasteiger partial charge in [0.15, 0.2) is 5.82 Å². The van der Waals surface area contributed by atoms with Crippen molar-refractivity contribution in [3.05, 3.63) is 53.6 Å². The summed E-state index contributed by atoms with van der Waals surface area (Å²) in [7, 11) is 1.56. The number of anilines is 1. The molecule has 1 aromatic heterocycles. The first kappa shape index (κ1) is 17.2. The number of hydrogen-bond donors (Lipinski definition) is 2. The highest BCUT2D eigenvalue weighted by molar-refractivity contribution is 6.32. The second-order valence-corrected chi connectivity index (χ2v) is 5.84. The van der Waals surface area contributed by atoms with E-state index in [9.17, 15) is 5.11 Å². The van der Waals surface area contributed by atoms with Gasteiger partial charge in [0.1, 0.15) is 5.75 Å². The van der Waals surface area contributed by atoms with Crippen LogP contribution in [-0.2, 0) is 6.54 Å². The molecule has 0 saturated carbocycles. The van der Waals surface area contributed by atoms with Crippen molar-refractivity contribution in [1.82, 2.24) is 20.2 Å². The quantitative estimate of drug-likeness (QED) is 0.674. The minimum atomic E-state index is -0.674. The Balaban J connectivity index is 1.61. The maximum Gasteiger partial charge on any atom is 0.182 e. The van der Waals surface area contributed by atoms with E-state index in [-0.39, 0.29) is 6.54 Å². The van der Waals surface area contributed by atoms with E-state index < -0.39 is 6.10 Å². The maximum absolute atomic E-state index is 10.3. The van der Waals surface area contributed by atoms with Gasteiger partial charge < -0.3 is 15.2 Å². The zero-order chi connectivity index (χ0) is 17.6. The summed E-state index contributed by atoms with van der Waals surface area (Å²) < 4.78 is 6.70. The van der Waals surface area contributed by atoms with Crippen molar-refractivity contribution in [1.29, 1.82) is 0 Å². The van der Waals surface area contributed by atoms with Crippen molar-refractivity contribution in [3.8, 4) is 17.1 Å². The highest BCUT2D eigenvalue weighted by Crippen LogP contribution is 2.27. The molecule has 1 atom stereocenters. The van der Waals surface area contributed by atoms with E-state index >= 15 is 0 Å². The third kappa shape index (κ3) is 4.26. The summed E-state index contributed by atoms with van der Waals surface area (Å²) in [5, 5.41) is 25.6. The predicted octanol–water partition coefficient (Wildman–Crippen LogP) is 2.48. The molecule has 0 spiro atoms. The number of halogens is 1. The molecule has 0 aliphatic heterocycles. The molecule has 1 heterocycles. The molecule has 130 valence electrons. The fourth-order valence-electron chi connectivity index (χ4n) is 2.40. The summed E-state index contributed by atoms with van der Waals surface area (Å²) in [6.45, 7) is 0.602.